The number of amides is 1. The van der Waals surface area contributed by atoms with E-state index in [1.54, 1.807) is 0 Å². The second kappa shape index (κ2) is 6.36. The molecular formula is C13H21NO2. The van der Waals surface area contributed by atoms with Crippen LogP contribution in [0, 0.1) is 0 Å². The molecule has 1 rings (SSSR count). The van der Waals surface area contributed by atoms with Crippen LogP contribution in [0.3, 0.4) is 0 Å². The predicted molar refractivity (Wildman–Crippen MR) is 65.3 cm³/mol. The van der Waals surface area contributed by atoms with E-state index in [1.807, 2.05) is 17.1 Å². The molecule has 1 saturated heterocycles. The Balaban J connectivity index is 2.78. The van der Waals surface area contributed by atoms with Gasteiger partial charge in [-0.3, -0.25) is 0 Å². The van der Waals surface area contributed by atoms with E-state index in [-0.39, 0.29) is 18.2 Å². The molecule has 1 aliphatic heterocycles. The highest BCUT2D eigenvalue weighted by Gasteiger charge is 2.33. The number of likely N-dealkylation sites (tertiary alicyclic amines) is 1. The monoisotopic (exact) mass is 223 g/mol. The van der Waals surface area contributed by atoms with Crippen molar-refractivity contribution < 1.29 is 9.53 Å². The number of carbonyl (C=O) groups excluding carboxylic acids is 1. The molecule has 3 heteroatoms. The SMILES string of the molecule is C=CC[C@@H]1CCC[C@@H](CC=C)N1C(=O)OC. The Bertz CT molecular complexity index is 245. The van der Waals surface area contributed by atoms with Gasteiger partial charge in [0.25, 0.3) is 0 Å². The molecule has 1 amide bonds. The minimum atomic E-state index is -0.224. The average Bonchev–Trinajstić information content (AvgIpc) is 2.29. The van der Waals surface area contributed by atoms with Crippen LogP contribution in [0.1, 0.15) is 32.1 Å². The number of carbonyl (C=O) groups is 1. The van der Waals surface area contributed by atoms with Crippen molar-refractivity contribution in [2.24, 2.45) is 0 Å². The first-order valence-electron chi connectivity index (χ1n) is 5.82. The number of hydrogen-bond acceptors (Lipinski definition) is 2. The molecule has 0 saturated carbocycles. The molecule has 0 spiro atoms. The van der Waals surface area contributed by atoms with Crippen molar-refractivity contribution in [1.29, 1.82) is 0 Å². The molecule has 2 atom stereocenters. The lowest BCUT2D eigenvalue weighted by atomic mass is 9.92. The van der Waals surface area contributed by atoms with Crippen LogP contribution in [-0.4, -0.2) is 30.2 Å². The van der Waals surface area contributed by atoms with Crippen molar-refractivity contribution in [3.05, 3.63) is 25.3 Å². The lowest BCUT2D eigenvalue weighted by molar-refractivity contribution is 0.0599. The van der Waals surface area contributed by atoms with Crippen molar-refractivity contribution in [3.63, 3.8) is 0 Å². The van der Waals surface area contributed by atoms with Crippen molar-refractivity contribution in [2.45, 2.75) is 44.2 Å². The molecule has 0 bridgehead atoms. The molecule has 0 aliphatic carbocycles. The highest BCUT2D eigenvalue weighted by atomic mass is 16.5. The Labute approximate surface area is 97.8 Å². The van der Waals surface area contributed by atoms with Gasteiger partial charge in [-0.25, -0.2) is 4.79 Å². The van der Waals surface area contributed by atoms with Crippen LogP contribution in [-0.2, 0) is 4.74 Å². The van der Waals surface area contributed by atoms with E-state index in [0.717, 1.165) is 32.1 Å². The van der Waals surface area contributed by atoms with E-state index in [9.17, 15) is 4.79 Å². The maximum Gasteiger partial charge on any atom is 0.410 e. The quantitative estimate of drug-likeness (QED) is 0.685. The third-order valence-electron chi connectivity index (χ3n) is 3.12. The lowest BCUT2D eigenvalue weighted by Gasteiger charge is -2.40. The van der Waals surface area contributed by atoms with Gasteiger partial charge < -0.3 is 9.64 Å². The fourth-order valence-electron chi connectivity index (χ4n) is 2.42. The Morgan fingerprint density at radius 1 is 1.31 bits per heavy atom. The third kappa shape index (κ3) is 2.87. The smallest absolute Gasteiger partial charge is 0.410 e. The van der Waals surface area contributed by atoms with Gasteiger partial charge in [0.05, 0.1) is 7.11 Å². The zero-order valence-electron chi connectivity index (χ0n) is 10.0. The maximum atomic E-state index is 11.8. The number of ether oxygens (including phenoxy) is 1. The molecule has 0 N–H and O–H groups in total. The maximum absolute atomic E-state index is 11.8. The van der Waals surface area contributed by atoms with Crippen LogP contribution in [0.5, 0.6) is 0 Å². The van der Waals surface area contributed by atoms with Crippen LogP contribution < -0.4 is 0 Å². The highest BCUT2D eigenvalue weighted by molar-refractivity contribution is 5.68. The number of nitrogens with zero attached hydrogens (tertiary/aromatic N) is 1. The van der Waals surface area contributed by atoms with Gasteiger partial charge in [0.2, 0.25) is 0 Å². The van der Waals surface area contributed by atoms with E-state index in [1.165, 1.54) is 7.11 Å². The van der Waals surface area contributed by atoms with Gasteiger partial charge >= 0.3 is 6.09 Å². The second-order valence-electron chi connectivity index (χ2n) is 4.16. The summed E-state index contributed by atoms with van der Waals surface area (Å²) in [5.41, 5.74) is 0. The van der Waals surface area contributed by atoms with E-state index in [0.29, 0.717) is 0 Å². The van der Waals surface area contributed by atoms with Gasteiger partial charge in [0, 0.05) is 12.1 Å². The average molecular weight is 223 g/mol. The molecule has 1 fully saturated rings. The molecule has 16 heavy (non-hydrogen) atoms. The van der Waals surface area contributed by atoms with Crippen molar-refractivity contribution in [3.8, 4) is 0 Å². The number of methoxy groups -OCH3 is 1. The van der Waals surface area contributed by atoms with E-state index < -0.39 is 0 Å². The summed E-state index contributed by atoms with van der Waals surface area (Å²) in [6, 6.07) is 0.479. The van der Waals surface area contributed by atoms with Crippen molar-refractivity contribution in [1.82, 2.24) is 4.90 Å². The van der Waals surface area contributed by atoms with Crippen molar-refractivity contribution >= 4 is 6.09 Å². The molecule has 0 unspecified atom stereocenters. The summed E-state index contributed by atoms with van der Waals surface area (Å²) in [5, 5.41) is 0. The Morgan fingerprint density at radius 2 is 1.81 bits per heavy atom. The third-order valence-corrected chi connectivity index (χ3v) is 3.12. The molecule has 0 radical (unpaired) electrons. The van der Waals surface area contributed by atoms with Gasteiger partial charge in [-0.05, 0) is 32.1 Å². The first kappa shape index (κ1) is 12.8. The summed E-state index contributed by atoms with van der Waals surface area (Å²) in [7, 11) is 1.44. The fourth-order valence-corrected chi connectivity index (χ4v) is 2.42. The van der Waals surface area contributed by atoms with Crippen LogP contribution in [0.25, 0.3) is 0 Å². The zero-order valence-corrected chi connectivity index (χ0v) is 10.0. The second-order valence-corrected chi connectivity index (χ2v) is 4.16. The Morgan fingerprint density at radius 3 is 2.19 bits per heavy atom. The van der Waals surface area contributed by atoms with Gasteiger partial charge in [-0.15, -0.1) is 13.2 Å². The summed E-state index contributed by atoms with van der Waals surface area (Å²) in [4.78, 5) is 13.6. The van der Waals surface area contributed by atoms with E-state index >= 15 is 0 Å². The predicted octanol–water partition coefficient (Wildman–Crippen LogP) is 3.13. The zero-order chi connectivity index (χ0) is 12.0. The fraction of sp³-hybridized carbons (Fsp3) is 0.615. The van der Waals surface area contributed by atoms with Crippen LogP contribution in [0.4, 0.5) is 4.79 Å². The summed E-state index contributed by atoms with van der Waals surface area (Å²) < 4.78 is 4.86. The molecular weight excluding hydrogens is 202 g/mol. The van der Waals surface area contributed by atoms with Gasteiger partial charge in [-0.1, -0.05) is 12.2 Å². The molecule has 1 heterocycles. The highest BCUT2D eigenvalue weighted by Crippen LogP contribution is 2.27. The van der Waals surface area contributed by atoms with Crippen LogP contribution in [0.2, 0.25) is 0 Å². The Kier molecular flexibility index (Phi) is 5.09. The number of hydrogen-bond donors (Lipinski definition) is 0. The van der Waals surface area contributed by atoms with Crippen LogP contribution in [0.15, 0.2) is 25.3 Å². The van der Waals surface area contributed by atoms with E-state index in [4.69, 9.17) is 4.74 Å². The molecule has 0 aromatic carbocycles. The molecule has 1 aliphatic rings. The van der Waals surface area contributed by atoms with Crippen LogP contribution >= 0.6 is 0 Å². The van der Waals surface area contributed by atoms with Crippen molar-refractivity contribution in [2.75, 3.05) is 7.11 Å². The lowest BCUT2D eigenvalue weighted by Crippen LogP contribution is -2.49. The Hall–Kier alpha value is -1.25. The summed E-state index contributed by atoms with van der Waals surface area (Å²) in [6.07, 6.45) is 8.42. The normalized spacial score (nSPS) is 24.9. The largest absolute Gasteiger partial charge is 0.453 e. The van der Waals surface area contributed by atoms with Gasteiger partial charge in [-0.2, -0.15) is 0 Å². The minimum Gasteiger partial charge on any atom is -0.453 e. The summed E-state index contributed by atoms with van der Waals surface area (Å²) in [5.74, 6) is 0. The standard InChI is InChI=1S/C13H21NO2/c1-4-7-11-9-6-10-12(8-5-2)14(11)13(15)16-3/h4-5,11-12H,1-2,6-10H2,3H3/t11-,12-/m1/s1. The summed E-state index contributed by atoms with van der Waals surface area (Å²) >= 11 is 0. The molecule has 0 aromatic heterocycles. The topological polar surface area (TPSA) is 29.5 Å². The first-order valence-corrected chi connectivity index (χ1v) is 5.82. The van der Waals surface area contributed by atoms with Gasteiger partial charge in [0.15, 0.2) is 0 Å². The number of rotatable bonds is 4. The first-order chi connectivity index (χ1) is 7.74. The molecule has 0 aromatic rings. The van der Waals surface area contributed by atoms with E-state index in [2.05, 4.69) is 13.2 Å². The minimum absolute atomic E-state index is 0.224. The summed E-state index contributed by atoms with van der Waals surface area (Å²) in [6.45, 7) is 7.49. The number of piperidine rings is 1. The molecule has 3 nitrogen and oxygen atoms in total. The molecule has 90 valence electrons. The van der Waals surface area contributed by atoms with Gasteiger partial charge in [0.1, 0.15) is 0 Å².